The molecule has 4 aromatic rings. The molecule has 0 saturated heterocycles. The third-order valence-corrected chi connectivity index (χ3v) is 4.83. The predicted molar refractivity (Wildman–Crippen MR) is 87.6 cm³/mol. The lowest BCUT2D eigenvalue weighted by molar-refractivity contribution is 0.370. The lowest BCUT2D eigenvalue weighted by Gasteiger charge is -2.15. The molecule has 0 aliphatic heterocycles. The van der Waals surface area contributed by atoms with Crippen LogP contribution in [0.3, 0.4) is 0 Å². The van der Waals surface area contributed by atoms with Gasteiger partial charge in [0.25, 0.3) is 0 Å². The van der Waals surface area contributed by atoms with Crippen LogP contribution in [0.4, 0.5) is 0 Å². The summed E-state index contributed by atoms with van der Waals surface area (Å²) in [6, 6.07) is 15.3. The van der Waals surface area contributed by atoms with E-state index in [0.29, 0.717) is 10.9 Å². The summed E-state index contributed by atoms with van der Waals surface area (Å²) in [4.78, 5) is 18.6. The molecule has 0 aliphatic rings. The van der Waals surface area contributed by atoms with Gasteiger partial charge in [-0.1, -0.05) is 42.5 Å². The maximum atomic E-state index is 11.4. The minimum Gasteiger partial charge on any atom is -0.508 e. The van der Waals surface area contributed by atoms with Crippen molar-refractivity contribution in [1.82, 2.24) is 0 Å². The highest BCUT2D eigenvalue weighted by atomic mass is 31.2. The summed E-state index contributed by atoms with van der Waals surface area (Å²) < 4.78 is 11.4. The van der Waals surface area contributed by atoms with E-state index < -0.39 is 13.8 Å². The molecule has 3 N–H and O–H groups in total. The van der Waals surface area contributed by atoms with E-state index in [1.165, 1.54) is 0 Å². The number of benzene rings is 4. The van der Waals surface area contributed by atoms with Crippen LogP contribution in [0, 0.1) is 0 Å². The topological polar surface area (TPSA) is 77.8 Å². The molecule has 110 valence electrons. The second-order valence-corrected chi connectivity index (χ2v) is 7.20. The van der Waals surface area contributed by atoms with Crippen LogP contribution in [0.15, 0.2) is 48.5 Å². The summed E-state index contributed by atoms with van der Waals surface area (Å²) in [5, 5.41) is 15.9. The molecule has 0 unspecified atom stereocenters. The third kappa shape index (κ3) is 1.97. The van der Waals surface area contributed by atoms with E-state index in [1.807, 2.05) is 42.5 Å². The Morgan fingerprint density at radius 1 is 0.864 bits per heavy atom. The molecule has 0 atom stereocenters. The van der Waals surface area contributed by atoms with Crippen LogP contribution in [0.2, 0.25) is 0 Å². The highest BCUT2D eigenvalue weighted by molar-refractivity contribution is 7.50. The van der Waals surface area contributed by atoms with Gasteiger partial charge in [-0.3, -0.25) is 4.57 Å². The molecule has 4 rings (SSSR count). The van der Waals surface area contributed by atoms with E-state index in [9.17, 15) is 19.5 Å². The largest absolute Gasteiger partial charge is 0.508 e. The normalized spacial score (nSPS) is 12.6. The molecule has 0 heterocycles. The smallest absolute Gasteiger partial charge is 0.330 e. The van der Waals surface area contributed by atoms with E-state index in [4.69, 9.17) is 0 Å². The van der Waals surface area contributed by atoms with Gasteiger partial charge in [-0.15, -0.1) is 0 Å². The third-order valence-electron chi connectivity index (χ3n) is 4.10. The molecule has 0 saturated carbocycles. The minimum absolute atomic E-state index is 0.0748. The fraction of sp³-hybridized carbons (Fsp3) is 0.0588. The Morgan fingerprint density at radius 3 is 2.18 bits per heavy atom. The zero-order valence-electron chi connectivity index (χ0n) is 11.5. The summed E-state index contributed by atoms with van der Waals surface area (Å²) in [5.74, 6) is -0.0748. The molecular formula is C17H13O4P. The van der Waals surface area contributed by atoms with Crippen molar-refractivity contribution in [2.24, 2.45) is 0 Å². The van der Waals surface area contributed by atoms with Crippen molar-refractivity contribution in [2.45, 2.75) is 6.16 Å². The lowest BCUT2D eigenvalue weighted by Crippen LogP contribution is -1.92. The minimum atomic E-state index is -4.27. The van der Waals surface area contributed by atoms with Gasteiger partial charge in [-0.05, 0) is 38.4 Å². The fourth-order valence-electron chi connectivity index (χ4n) is 3.23. The SMILES string of the molecule is O=P(O)(O)Cc1c(O)cc2ccc3cccc4ccc1c2c34. The maximum Gasteiger partial charge on any atom is 0.330 e. The van der Waals surface area contributed by atoms with Crippen molar-refractivity contribution in [3.8, 4) is 5.75 Å². The number of aromatic hydroxyl groups is 1. The van der Waals surface area contributed by atoms with Gasteiger partial charge in [0.15, 0.2) is 0 Å². The van der Waals surface area contributed by atoms with Crippen molar-refractivity contribution >= 4 is 39.9 Å². The van der Waals surface area contributed by atoms with Gasteiger partial charge in [-0.25, -0.2) is 0 Å². The molecule has 0 amide bonds. The Labute approximate surface area is 126 Å². The van der Waals surface area contributed by atoms with E-state index in [1.54, 1.807) is 6.07 Å². The Hall–Kier alpha value is -2.13. The fourth-order valence-corrected chi connectivity index (χ4v) is 3.97. The first-order valence-electron chi connectivity index (χ1n) is 6.87. The van der Waals surface area contributed by atoms with Crippen LogP contribution in [0.1, 0.15) is 5.56 Å². The van der Waals surface area contributed by atoms with Gasteiger partial charge in [0.1, 0.15) is 5.75 Å². The van der Waals surface area contributed by atoms with Crippen LogP contribution in [0.25, 0.3) is 32.3 Å². The lowest BCUT2D eigenvalue weighted by atomic mass is 9.92. The zero-order chi connectivity index (χ0) is 15.5. The van der Waals surface area contributed by atoms with Crippen LogP contribution < -0.4 is 0 Å². The summed E-state index contributed by atoms with van der Waals surface area (Å²) in [6.07, 6.45) is -0.465. The van der Waals surface area contributed by atoms with Crippen LogP contribution in [-0.2, 0) is 10.7 Å². The first-order valence-corrected chi connectivity index (χ1v) is 8.67. The van der Waals surface area contributed by atoms with Crippen molar-refractivity contribution < 1.29 is 19.5 Å². The Balaban J connectivity index is 2.22. The Bertz CT molecular complexity index is 1050. The summed E-state index contributed by atoms with van der Waals surface area (Å²) in [7, 11) is -4.27. The predicted octanol–water partition coefficient (Wildman–Crippen LogP) is 3.97. The van der Waals surface area contributed by atoms with Crippen molar-refractivity contribution in [3.63, 3.8) is 0 Å². The van der Waals surface area contributed by atoms with E-state index in [-0.39, 0.29) is 5.75 Å². The van der Waals surface area contributed by atoms with E-state index in [0.717, 1.165) is 26.9 Å². The number of phenols is 1. The average Bonchev–Trinajstić information content (AvgIpc) is 2.46. The molecule has 0 aliphatic carbocycles. The molecule has 5 heteroatoms. The molecule has 0 fully saturated rings. The van der Waals surface area contributed by atoms with Gasteiger partial charge in [0.2, 0.25) is 0 Å². The number of hydrogen-bond acceptors (Lipinski definition) is 2. The van der Waals surface area contributed by atoms with Crippen LogP contribution in [0.5, 0.6) is 5.75 Å². The van der Waals surface area contributed by atoms with Crippen molar-refractivity contribution in [1.29, 1.82) is 0 Å². The molecule has 0 radical (unpaired) electrons. The molecule has 4 aromatic carbocycles. The molecule has 4 nitrogen and oxygen atoms in total. The summed E-state index contributed by atoms with van der Waals surface area (Å²) in [5.41, 5.74) is 0.305. The van der Waals surface area contributed by atoms with E-state index >= 15 is 0 Å². The number of hydrogen-bond donors (Lipinski definition) is 3. The number of phenolic OH excluding ortho intramolecular Hbond substituents is 1. The second kappa shape index (κ2) is 4.43. The standard InChI is InChI=1S/C17H13O4P/c18-15-8-12-5-4-10-2-1-3-11-6-7-13(17(12)16(10)11)14(15)9-22(19,20)21/h1-8,18H,9H2,(H2,19,20,21). The van der Waals surface area contributed by atoms with Gasteiger partial charge in [-0.2, -0.15) is 0 Å². The molecular weight excluding hydrogens is 299 g/mol. The van der Waals surface area contributed by atoms with Crippen molar-refractivity contribution in [3.05, 3.63) is 54.1 Å². The quantitative estimate of drug-likeness (QED) is 0.386. The Kier molecular flexibility index (Phi) is 2.73. The average molecular weight is 312 g/mol. The first kappa shape index (κ1) is 13.5. The van der Waals surface area contributed by atoms with Gasteiger partial charge in [0, 0.05) is 5.56 Å². The maximum absolute atomic E-state index is 11.4. The van der Waals surface area contributed by atoms with Crippen LogP contribution in [-0.4, -0.2) is 14.9 Å². The molecule has 0 bridgehead atoms. The highest BCUT2D eigenvalue weighted by Crippen LogP contribution is 2.46. The molecule has 0 aromatic heterocycles. The highest BCUT2D eigenvalue weighted by Gasteiger charge is 2.21. The van der Waals surface area contributed by atoms with Gasteiger partial charge >= 0.3 is 7.60 Å². The van der Waals surface area contributed by atoms with Gasteiger partial charge < -0.3 is 14.9 Å². The van der Waals surface area contributed by atoms with Crippen LogP contribution >= 0.6 is 7.60 Å². The van der Waals surface area contributed by atoms with E-state index in [2.05, 4.69) is 0 Å². The van der Waals surface area contributed by atoms with Crippen molar-refractivity contribution in [2.75, 3.05) is 0 Å². The Morgan fingerprint density at radius 2 is 1.50 bits per heavy atom. The number of rotatable bonds is 2. The summed E-state index contributed by atoms with van der Waals surface area (Å²) >= 11 is 0. The zero-order valence-corrected chi connectivity index (χ0v) is 12.4. The summed E-state index contributed by atoms with van der Waals surface area (Å²) in [6.45, 7) is 0. The first-order chi connectivity index (χ1) is 10.4. The molecule has 0 spiro atoms. The second-order valence-electron chi connectivity index (χ2n) is 5.55. The monoisotopic (exact) mass is 312 g/mol. The molecule has 22 heavy (non-hydrogen) atoms. The van der Waals surface area contributed by atoms with Gasteiger partial charge in [0.05, 0.1) is 6.16 Å².